The molecule has 2 atom stereocenters. The first-order valence-electron chi connectivity index (χ1n) is 7.08. The molecule has 2 aromatic carbocycles. The fraction of sp³-hybridized carbons (Fsp3) is 0.235. The van der Waals surface area contributed by atoms with Crippen molar-refractivity contribution in [1.82, 2.24) is 5.32 Å². The van der Waals surface area contributed by atoms with E-state index < -0.39 is 6.10 Å². The van der Waals surface area contributed by atoms with E-state index in [-0.39, 0.29) is 18.6 Å². The van der Waals surface area contributed by atoms with E-state index in [0.717, 1.165) is 5.56 Å². The number of benzene rings is 2. The van der Waals surface area contributed by atoms with E-state index in [1.807, 2.05) is 43.3 Å². The molecule has 22 heavy (non-hydrogen) atoms. The summed E-state index contributed by atoms with van der Waals surface area (Å²) in [5.41, 5.74) is 0.943. The molecule has 0 saturated heterocycles. The Bertz CT molecular complexity index is 689. The van der Waals surface area contributed by atoms with Gasteiger partial charge in [-0.25, -0.2) is 0 Å². The van der Waals surface area contributed by atoms with E-state index in [1.165, 1.54) is 0 Å². The van der Waals surface area contributed by atoms with Gasteiger partial charge in [-0.1, -0.05) is 35.9 Å². The van der Waals surface area contributed by atoms with Crippen molar-refractivity contribution >= 4 is 17.5 Å². The molecule has 3 rings (SSSR count). The van der Waals surface area contributed by atoms with Gasteiger partial charge in [0.1, 0.15) is 6.61 Å². The minimum absolute atomic E-state index is 0.160. The molecular formula is C17H16ClNO3. The van der Waals surface area contributed by atoms with Crippen LogP contribution in [0.3, 0.4) is 0 Å². The lowest BCUT2D eigenvalue weighted by molar-refractivity contribution is -0.131. The summed E-state index contributed by atoms with van der Waals surface area (Å²) < 4.78 is 11.2. The Morgan fingerprint density at radius 1 is 1.23 bits per heavy atom. The van der Waals surface area contributed by atoms with Crippen molar-refractivity contribution in [3.8, 4) is 11.5 Å². The van der Waals surface area contributed by atoms with Crippen LogP contribution in [-0.2, 0) is 4.79 Å². The average Bonchev–Trinajstić information content (AvgIpc) is 2.54. The van der Waals surface area contributed by atoms with E-state index in [0.29, 0.717) is 16.5 Å². The summed E-state index contributed by atoms with van der Waals surface area (Å²) in [5.74, 6) is 1.04. The van der Waals surface area contributed by atoms with Crippen LogP contribution in [0.1, 0.15) is 18.5 Å². The van der Waals surface area contributed by atoms with Crippen LogP contribution in [-0.4, -0.2) is 18.6 Å². The van der Waals surface area contributed by atoms with Gasteiger partial charge in [-0.15, -0.1) is 0 Å². The lowest BCUT2D eigenvalue weighted by Crippen LogP contribution is -2.44. The van der Waals surface area contributed by atoms with Gasteiger partial charge in [-0.05, 0) is 36.8 Å². The molecule has 1 amide bonds. The van der Waals surface area contributed by atoms with Crippen molar-refractivity contribution in [3.63, 3.8) is 0 Å². The molecule has 4 nitrogen and oxygen atoms in total. The number of para-hydroxylation sites is 2. The Hall–Kier alpha value is -2.20. The van der Waals surface area contributed by atoms with E-state index in [4.69, 9.17) is 21.1 Å². The number of amides is 1. The molecule has 0 fully saturated rings. The molecule has 2 aromatic rings. The van der Waals surface area contributed by atoms with Crippen molar-refractivity contribution in [2.45, 2.75) is 19.1 Å². The summed E-state index contributed by atoms with van der Waals surface area (Å²) in [5, 5.41) is 3.56. The zero-order valence-corrected chi connectivity index (χ0v) is 12.8. The quantitative estimate of drug-likeness (QED) is 0.944. The van der Waals surface area contributed by atoms with Crippen LogP contribution in [0.5, 0.6) is 11.5 Å². The number of fused-ring (bicyclic) bond motifs is 1. The van der Waals surface area contributed by atoms with E-state index in [2.05, 4.69) is 5.32 Å². The van der Waals surface area contributed by atoms with Crippen molar-refractivity contribution in [1.29, 1.82) is 0 Å². The molecule has 114 valence electrons. The number of rotatable bonds is 3. The van der Waals surface area contributed by atoms with Crippen LogP contribution in [0.25, 0.3) is 0 Å². The highest BCUT2D eigenvalue weighted by molar-refractivity contribution is 6.30. The second-order valence-electron chi connectivity index (χ2n) is 5.15. The van der Waals surface area contributed by atoms with Gasteiger partial charge in [0.15, 0.2) is 11.5 Å². The maximum atomic E-state index is 12.3. The Balaban J connectivity index is 1.65. The van der Waals surface area contributed by atoms with Gasteiger partial charge in [0, 0.05) is 5.02 Å². The molecule has 1 N–H and O–H groups in total. The molecule has 1 aliphatic rings. The summed E-state index contributed by atoms with van der Waals surface area (Å²) in [6.45, 7) is 2.10. The third-order valence-electron chi connectivity index (χ3n) is 3.51. The topological polar surface area (TPSA) is 47.6 Å². The highest BCUT2D eigenvalue weighted by Crippen LogP contribution is 2.31. The molecule has 0 spiro atoms. The number of nitrogens with one attached hydrogen (secondary N) is 1. The lowest BCUT2D eigenvalue weighted by Gasteiger charge is -2.26. The Morgan fingerprint density at radius 2 is 2.00 bits per heavy atom. The molecule has 0 radical (unpaired) electrons. The summed E-state index contributed by atoms with van der Waals surface area (Å²) in [6.07, 6.45) is -0.656. The third kappa shape index (κ3) is 3.17. The second-order valence-corrected chi connectivity index (χ2v) is 5.59. The van der Waals surface area contributed by atoms with Gasteiger partial charge in [-0.2, -0.15) is 0 Å². The predicted molar refractivity (Wildman–Crippen MR) is 84.4 cm³/mol. The maximum Gasteiger partial charge on any atom is 0.265 e. The van der Waals surface area contributed by atoms with Crippen molar-refractivity contribution in [2.24, 2.45) is 0 Å². The molecule has 0 unspecified atom stereocenters. The summed E-state index contributed by atoms with van der Waals surface area (Å²) >= 11 is 5.97. The SMILES string of the molecule is C[C@@H](NC(=O)[C@H]1COc2ccccc2O1)c1cccc(Cl)c1. The van der Waals surface area contributed by atoms with Gasteiger partial charge in [0.05, 0.1) is 6.04 Å². The molecule has 0 aromatic heterocycles. The van der Waals surface area contributed by atoms with Crippen LogP contribution in [0.2, 0.25) is 5.02 Å². The molecule has 0 bridgehead atoms. The van der Waals surface area contributed by atoms with Crippen LogP contribution in [0.4, 0.5) is 0 Å². The molecule has 0 aliphatic carbocycles. The van der Waals surface area contributed by atoms with Gasteiger partial charge < -0.3 is 14.8 Å². The van der Waals surface area contributed by atoms with Gasteiger partial charge >= 0.3 is 0 Å². The smallest absolute Gasteiger partial charge is 0.265 e. The lowest BCUT2D eigenvalue weighted by atomic mass is 10.1. The highest BCUT2D eigenvalue weighted by atomic mass is 35.5. The fourth-order valence-corrected chi connectivity index (χ4v) is 2.51. The number of halogens is 1. The van der Waals surface area contributed by atoms with Gasteiger partial charge in [0.2, 0.25) is 6.10 Å². The standard InChI is InChI=1S/C17H16ClNO3/c1-11(12-5-4-6-13(18)9-12)19-17(20)16-10-21-14-7-2-3-8-15(14)22-16/h2-9,11,16H,10H2,1H3,(H,19,20)/t11-,16-/m1/s1. The zero-order chi connectivity index (χ0) is 15.5. The number of carbonyl (C=O) groups is 1. The molecule has 5 heteroatoms. The zero-order valence-electron chi connectivity index (χ0n) is 12.1. The number of ether oxygens (including phenoxy) is 2. The summed E-state index contributed by atoms with van der Waals surface area (Å²) in [4.78, 5) is 12.3. The normalized spacial score (nSPS) is 17.6. The third-order valence-corrected chi connectivity index (χ3v) is 3.74. The van der Waals surface area contributed by atoms with Crippen LogP contribution in [0.15, 0.2) is 48.5 Å². The molecular weight excluding hydrogens is 302 g/mol. The first-order chi connectivity index (χ1) is 10.6. The number of hydrogen-bond donors (Lipinski definition) is 1. The van der Waals surface area contributed by atoms with Crippen molar-refractivity contribution in [3.05, 3.63) is 59.1 Å². The average molecular weight is 318 g/mol. The number of carbonyl (C=O) groups excluding carboxylic acids is 1. The van der Waals surface area contributed by atoms with E-state index in [9.17, 15) is 4.79 Å². The first kappa shape index (κ1) is 14.7. The van der Waals surface area contributed by atoms with Gasteiger partial charge in [-0.3, -0.25) is 4.79 Å². The van der Waals surface area contributed by atoms with Gasteiger partial charge in [0.25, 0.3) is 5.91 Å². The largest absolute Gasteiger partial charge is 0.485 e. The van der Waals surface area contributed by atoms with Crippen LogP contribution in [0, 0.1) is 0 Å². The predicted octanol–water partition coefficient (Wildman–Crippen LogP) is 3.36. The van der Waals surface area contributed by atoms with Crippen molar-refractivity contribution in [2.75, 3.05) is 6.61 Å². The monoisotopic (exact) mass is 317 g/mol. The summed E-state index contributed by atoms with van der Waals surface area (Å²) in [7, 11) is 0. The maximum absolute atomic E-state index is 12.3. The van der Waals surface area contributed by atoms with Crippen LogP contribution < -0.4 is 14.8 Å². The second kappa shape index (κ2) is 6.28. The Morgan fingerprint density at radius 3 is 2.77 bits per heavy atom. The Kier molecular flexibility index (Phi) is 4.20. The van der Waals surface area contributed by atoms with E-state index in [1.54, 1.807) is 12.1 Å². The molecule has 1 aliphatic heterocycles. The minimum Gasteiger partial charge on any atom is -0.485 e. The Labute approximate surface area is 134 Å². The highest BCUT2D eigenvalue weighted by Gasteiger charge is 2.28. The molecule has 1 heterocycles. The van der Waals surface area contributed by atoms with Crippen LogP contribution >= 0.6 is 11.6 Å². The summed E-state index contributed by atoms with van der Waals surface area (Å²) in [6, 6.07) is 14.6. The minimum atomic E-state index is -0.656. The van der Waals surface area contributed by atoms with Crippen molar-refractivity contribution < 1.29 is 14.3 Å². The first-order valence-corrected chi connectivity index (χ1v) is 7.45. The molecule has 0 saturated carbocycles. The number of hydrogen-bond acceptors (Lipinski definition) is 3. The fourth-order valence-electron chi connectivity index (χ4n) is 2.31. The van der Waals surface area contributed by atoms with E-state index >= 15 is 0 Å².